The van der Waals surface area contributed by atoms with E-state index in [4.69, 9.17) is 23.2 Å². The maximum Gasteiger partial charge on any atom is 0.273 e. The van der Waals surface area contributed by atoms with Crippen LogP contribution in [0.25, 0.3) is 10.9 Å². The largest absolute Gasteiger partial charge is 0.349 e. The number of carbonyl (C=O) groups excluding carboxylic acids is 2. The van der Waals surface area contributed by atoms with Crippen molar-refractivity contribution < 1.29 is 9.59 Å². The minimum absolute atomic E-state index is 0.0339. The van der Waals surface area contributed by atoms with Crippen LogP contribution in [0.15, 0.2) is 42.5 Å². The maximum atomic E-state index is 12.6. The van der Waals surface area contributed by atoms with Gasteiger partial charge < -0.3 is 15.2 Å². The summed E-state index contributed by atoms with van der Waals surface area (Å²) < 4.78 is 0. The molecule has 0 aliphatic rings. The molecule has 7 heteroatoms. The quantitative estimate of drug-likeness (QED) is 0.613. The molecule has 0 fully saturated rings. The van der Waals surface area contributed by atoms with Crippen LogP contribution >= 0.6 is 23.2 Å². The number of halogens is 2. The average molecular weight is 404 g/mol. The summed E-state index contributed by atoms with van der Waals surface area (Å²) in [4.78, 5) is 29.7. The van der Waals surface area contributed by atoms with Crippen molar-refractivity contribution in [1.82, 2.24) is 9.88 Å². The monoisotopic (exact) mass is 403 g/mol. The second-order valence-electron chi connectivity index (χ2n) is 6.01. The number of carbonyl (C=O) groups is 2. The summed E-state index contributed by atoms with van der Waals surface area (Å²) in [5, 5.41) is 4.34. The van der Waals surface area contributed by atoms with Gasteiger partial charge >= 0.3 is 0 Å². The first-order valence-electron chi connectivity index (χ1n) is 8.62. The molecule has 3 aromatic rings. The molecule has 0 saturated heterocycles. The van der Waals surface area contributed by atoms with Crippen LogP contribution < -0.4 is 5.32 Å². The number of H-pyrrole nitrogens is 1. The van der Waals surface area contributed by atoms with Gasteiger partial charge in [-0.1, -0.05) is 23.2 Å². The van der Waals surface area contributed by atoms with E-state index in [0.717, 1.165) is 5.52 Å². The van der Waals surface area contributed by atoms with Crippen molar-refractivity contribution >= 4 is 51.6 Å². The Morgan fingerprint density at radius 2 is 1.70 bits per heavy atom. The first-order valence-corrected chi connectivity index (χ1v) is 9.37. The van der Waals surface area contributed by atoms with E-state index in [-0.39, 0.29) is 17.5 Å². The summed E-state index contributed by atoms with van der Waals surface area (Å²) in [5.41, 5.74) is 2.14. The summed E-state index contributed by atoms with van der Waals surface area (Å²) in [5.74, 6) is -0.399. The average Bonchev–Trinajstić information content (AvgIpc) is 2.99. The van der Waals surface area contributed by atoms with Crippen LogP contribution in [0.3, 0.4) is 0 Å². The molecule has 27 heavy (non-hydrogen) atoms. The summed E-state index contributed by atoms with van der Waals surface area (Å²) in [6.45, 7) is 5.17. The number of hydrogen-bond acceptors (Lipinski definition) is 2. The van der Waals surface area contributed by atoms with Crippen molar-refractivity contribution in [2.45, 2.75) is 13.8 Å². The zero-order chi connectivity index (χ0) is 19.6. The van der Waals surface area contributed by atoms with E-state index < -0.39 is 0 Å². The second-order valence-corrected chi connectivity index (χ2v) is 6.83. The molecule has 1 aromatic heterocycles. The standard InChI is InChI=1S/C20H19Cl2N3O2/c1-3-25(4-2)20(27)12-5-8-14(9-6-12)23-19(26)18-17(22)15-11-13(21)7-10-16(15)24-18/h5-11,24H,3-4H2,1-2H3,(H,23,26). The number of hydrogen-bond donors (Lipinski definition) is 2. The van der Waals surface area contributed by atoms with Gasteiger partial charge in [0.15, 0.2) is 0 Å². The first-order chi connectivity index (χ1) is 12.9. The normalized spacial score (nSPS) is 10.8. The highest BCUT2D eigenvalue weighted by Crippen LogP contribution is 2.30. The van der Waals surface area contributed by atoms with Gasteiger partial charge in [0.25, 0.3) is 11.8 Å². The van der Waals surface area contributed by atoms with Crippen LogP contribution in [0.1, 0.15) is 34.7 Å². The zero-order valence-electron chi connectivity index (χ0n) is 15.0. The Labute approximate surface area is 167 Å². The lowest BCUT2D eigenvalue weighted by Crippen LogP contribution is -2.30. The maximum absolute atomic E-state index is 12.6. The molecule has 0 bridgehead atoms. The zero-order valence-corrected chi connectivity index (χ0v) is 16.5. The van der Waals surface area contributed by atoms with E-state index in [9.17, 15) is 9.59 Å². The van der Waals surface area contributed by atoms with E-state index in [2.05, 4.69) is 10.3 Å². The van der Waals surface area contributed by atoms with E-state index in [0.29, 0.717) is 39.8 Å². The number of fused-ring (bicyclic) bond motifs is 1. The Hall–Kier alpha value is -2.50. The van der Waals surface area contributed by atoms with Crippen LogP contribution in [-0.4, -0.2) is 34.8 Å². The van der Waals surface area contributed by atoms with Crippen molar-refractivity contribution in [3.8, 4) is 0 Å². The molecule has 0 radical (unpaired) electrons. The van der Waals surface area contributed by atoms with Gasteiger partial charge in [-0.3, -0.25) is 9.59 Å². The van der Waals surface area contributed by atoms with Gasteiger partial charge in [0.1, 0.15) is 5.69 Å². The molecular weight excluding hydrogens is 385 g/mol. The van der Waals surface area contributed by atoms with Crippen molar-refractivity contribution in [3.05, 3.63) is 63.8 Å². The minimum atomic E-state index is -0.366. The number of nitrogens with zero attached hydrogens (tertiary/aromatic N) is 1. The summed E-state index contributed by atoms with van der Waals surface area (Å²) in [6.07, 6.45) is 0. The number of amides is 2. The van der Waals surface area contributed by atoms with Gasteiger partial charge in [0, 0.05) is 40.3 Å². The SMILES string of the molecule is CCN(CC)C(=O)c1ccc(NC(=O)c2[nH]c3ccc(Cl)cc3c2Cl)cc1. The molecule has 5 nitrogen and oxygen atoms in total. The number of aromatic nitrogens is 1. The molecule has 0 atom stereocenters. The van der Waals surface area contributed by atoms with Crippen LogP contribution in [0, 0.1) is 0 Å². The van der Waals surface area contributed by atoms with Gasteiger partial charge in [-0.2, -0.15) is 0 Å². The lowest BCUT2D eigenvalue weighted by Gasteiger charge is -2.18. The van der Waals surface area contributed by atoms with Gasteiger partial charge in [0.2, 0.25) is 0 Å². The van der Waals surface area contributed by atoms with Gasteiger partial charge in [-0.25, -0.2) is 0 Å². The number of nitrogens with one attached hydrogen (secondary N) is 2. The molecule has 1 heterocycles. The fourth-order valence-corrected chi connectivity index (χ4v) is 3.33. The van der Waals surface area contributed by atoms with Crippen molar-refractivity contribution in [3.63, 3.8) is 0 Å². The smallest absolute Gasteiger partial charge is 0.273 e. The van der Waals surface area contributed by atoms with Crippen LogP contribution in [-0.2, 0) is 0 Å². The summed E-state index contributed by atoms with van der Waals surface area (Å²) in [7, 11) is 0. The number of aromatic amines is 1. The van der Waals surface area contributed by atoms with Crippen LogP contribution in [0.5, 0.6) is 0 Å². The Bertz CT molecular complexity index is 992. The third kappa shape index (κ3) is 3.94. The van der Waals surface area contributed by atoms with E-state index >= 15 is 0 Å². The van der Waals surface area contributed by atoms with Gasteiger partial charge in [-0.05, 0) is 56.3 Å². The lowest BCUT2D eigenvalue weighted by atomic mass is 10.1. The van der Waals surface area contributed by atoms with Crippen LogP contribution in [0.2, 0.25) is 10.0 Å². The van der Waals surface area contributed by atoms with Crippen molar-refractivity contribution in [1.29, 1.82) is 0 Å². The predicted octanol–water partition coefficient (Wildman–Crippen LogP) is 5.21. The summed E-state index contributed by atoms with van der Waals surface area (Å²) >= 11 is 12.3. The summed E-state index contributed by atoms with van der Waals surface area (Å²) in [6, 6.07) is 12.0. The third-order valence-corrected chi connectivity index (χ3v) is 4.99. The Morgan fingerprint density at radius 3 is 2.33 bits per heavy atom. The Kier molecular flexibility index (Phi) is 5.73. The van der Waals surface area contributed by atoms with Crippen LogP contribution in [0.4, 0.5) is 5.69 Å². The second kappa shape index (κ2) is 8.03. The fraction of sp³-hybridized carbons (Fsp3) is 0.200. The van der Waals surface area contributed by atoms with Crippen molar-refractivity contribution in [2.24, 2.45) is 0 Å². The Balaban J connectivity index is 1.78. The Morgan fingerprint density at radius 1 is 1.04 bits per heavy atom. The number of anilines is 1. The number of rotatable bonds is 5. The molecular formula is C20H19Cl2N3O2. The third-order valence-electron chi connectivity index (χ3n) is 4.36. The molecule has 0 saturated carbocycles. The van der Waals surface area contributed by atoms with Gasteiger partial charge in [-0.15, -0.1) is 0 Å². The molecule has 0 spiro atoms. The minimum Gasteiger partial charge on any atom is -0.349 e. The number of benzene rings is 2. The van der Waals surface area contributed by atoms with Crippen molar-refractivity contribution in [2.75, 3.05) is 18.4 Å². The lowest BCUT2D eigenvalue weighted by molar-refractivity contribution is 0.0773. The van der Waals surface area contributed by atoms with E-state index in [1.54, 1.807) is 47.4 Å². The molecule has 140 valence electrons. The molecule has 0 aliphatic heterocycles. The molecule has 2 aromatic carbocycles. The van der Waals surface area contributed by atoms with E-state index in [1.165, 1.54) is 0 Å². The van der Waals surface area contributed by atoms with E-state index in [1.807, 2.05) is 13.8 Å². The highest BCUT2D eigenvalue weighted by Gasteiger charge is 2.17. The molecule has 3 rings (SSSR count). The first kappa shape index (κ1) is 19.3. The highest BCUT2D eigenvalue weighted by atomic mass is 35.5. The molecule has 0 unspecified atom stereocenters. The van der Waals surface area contributed by atoms with Gasteiger partial charge in [0.05, 0.1) is 5.02 Å². The fourth-order valence-electron chi connectivity index (χ4n) is 2.87. The predicted molar refractivity (Wildman–Crippen MR) is 110 cm³/mol. The highest BCUT2D eigenvalue weighted by molar-refractivity contribution is 6.40. The molecule has 2 N–H and O–H groups in total. The molecule has 0 aliphatic carbocycles. The molecule has 2 amide bonds. The topological polar surface area (TPSA) is 65.2 Å².